The number of alkyl halides is 3. The molecule has 22 heavy (non-hydrogen) atoms. The molecule has 3 nitrogen and oxygen atoms in total. The number of halogens is 4. The third-order valence-corrected chi connectivity index (χ3v) is 3.40. The van der Waals surface area contributed by atoms with Gasteiger partial charge in [-0.05, 0) is 42.8 Å². The first kappa shape index (κ1) is 16.2. The second-order valence-corrected chi connectivity index (χ2v) is 5.13. The van der Waals surface area contributed by atoms with Crippen molar-refractivity contribution in [3.63, 3.8) is 0 Å². The van der Waals surface area contributed by atoms with E-state index in [0.717, 1.165) is 17.7 Å². The van der Waals surface area contributed by atoms with Gasteiger partial charge in [-0.1, -0.05) is 17.7 Å². The van der Waals surface area contributed by atoms with Gasteiger partial charge in [-0.15, -0.1) is 0 Å². The minimum absolute atomic E-state index is 0.143. The zero-order valence-corrected chi connectivity index (χ0v) is 12.2. The van der Waals surface area contributed by atoms with E-state index in [2.05, 4.69) is 5.32 Å². The van der Waals surface area contributed by atoms with Crippen molar-refractivity contribution in [2.45, 2.75) is 13.1 Å². The number of nitrogens with two attached hydrogens (primary N) is 1. The predicted molar refractivity (Wildman–Crippen MR) is 80.0 cm³/mol. The number of rotatable bonds is 2. The Morgan fingerprint density at radius 1 is 1.18 bits per heavy atom. The Balaban J connectivity index is 2.28. The molecular weight excluding hydrogens is 317 g/mol. The molecule has 0 spiro atoms. The normalized spacial score (nSPS) is 11.3. The van der Waals surface area contributed by atoms with Gasteiger partial charge in [0.1, 0.15) is 0 Å². The van der Waals surface area contributed by atoms with Crippen LogP contribution in [0.5, 0.6) is 0 Å². The van der Waals surface area contributed by atoms with Crippen LogP contribution in [0.3, 0.4) is 0 Å². The Kier molecular flexibility index (Phi) is 4.32. The molecule has 0 bridgehead atoms. The number of anilines is 2. The minimum atomic E-state index is -4.62. The largest absolute Gasteiger partial charge is 0.417 e. The van der Waals surface area contributed by atoms with E-state index in [0.29, 0.717) is 11.4 Å². The first-order valence-electron chi connectivity index (χ1n) is 6.22. The van der Waals surface area contributed by atoms with Crippen LogP contribution in [0.15, 0.2) is 36.4 Å². The van der Waals surface area contributed by atoms with Gasteiger partial charge in [0.2, 0.25) is 0 Å². The topological polar surface area (TPSA) is 55.1 Å². The number of benzene rings is 2. The SMILES string of the molecule is Cc1ccc(NC(=O)c2ccc(Cl)c(C(F)(F)F)c2)cc1N. The fraction of sp³-hybridized carbons (Fsp3) is 0.133. The van der Waals surface area contributed by atoms with E-state index in [1.54, 1.807) is 19.1 Å². The molecule has 0 saturated carbocycles. The summed E-state index contributed by atoms with van der Waals surface area (Å²) >= 11 is 5.52. The molecular formula is C15H12ClF3N2O. The lowest BCUT2D eigenvalue weighted by Crippen LogP contribution is -2.14. The van der Waals surface area contributed by atoms with Crippen molar-refractivity contribution in [1.29, 1.82) is 0 Å². The summed E-state index contributed by atoms with van der Waals surface area (Å²) in [5.74, 6) is -0.676. The van der Waals surface area contributed by atoms with Gasteiger partial charge in [0.15, 0.2) is 0 Å². The zero-order valence-electron chi connectivity index (χ0n) is 11.5. The molecule has 0 heterocycles. The smallest absolute Gasteiger partial charge is 0.398 e. The van der Waals surface area contributed by atoms with Gasteiger partial charge in [0, 0.05) is 16.9 Å². The first-order chi connectivity index (χ1) is 10.2. The average Bonchev–Trinajstić information content (AvgIpc) is 2.42. The Bertz CT molecular complexity index is 729. The van der Waals surface area contributed by atoms with Gasteiger partial charge in [0.25, 0.3) is 5.91 Å². The zero-order chi connectivity index (χ0) is 16.5. The molecule has 0 radical (unpaired) electrons. The van der Waals surface area contributed by atoms with E-state index in [-0.39, 0.29) is 5.56 Å². The summed E-state index contributed by atoms with van der Waals surface area (Å²) in [5.41, 5.74) is 6.24. The second kappa shape index (κ2) is 5.88. The third-order valence-electron chi connectivity index (χ3n) is 3.07. The van der Waals surface area contributed by atoms with Crippen molar-refractivity contribution >= 4 is 28.9 Å². The highest BCUT2D eigenvalue weighted by Crippen LogP contribution is 2.35. The van der Waals surface area contributed by atoms with E-state index in [1.165, 1.54) is 12.1 Å². The molecule has 0 fully saturated rings. The molecule has 116 valence electrons. The van der Waals surface area contributed by atoms with Crippen LogP contribution >= 0.6 is 11.6 Å². The summed E-state index contributed by atoms with van der Waals surface area (Å²) in [6.45, 7) is 1.80. The quantitative estimate of drug-likeness (QED) is 0.797. The van der Waals surface area contributed by atoms with Crippen molar-refractivity contribution in [1.82, 2.24) is 0 Å². The summed E-state index contributed by atoms with van der Waals surface area (Å²) in [4.78, 5) is 12.0. The average molecular weight is 329 g/mol. The number of hydrogen-bond acceptors (Lipinski definition) is 2. The van der Waals surface area contributed by atoms with E-state index < -0.39 is 22.7 Å². The number of carbonyl (C=O) groups excluding carboxylic acids is 1. The van der Waals surface area contributed by atoms with Crippen molar-refractivity contribution in [2.24, 2.45) is 0 Å². The molecule has 3 N–H and O–H groups in total. The van der Waals surface area contributed by atoms with Crippen LogP contribution in [0, 0.1) is 6.92 Å². The summed E-state index contributed by atoms with van der Waals surface area (Å²) in [5, 5.41) is 2.04. The van der Waals surface area contributed by atoms with Crippen LogP contribution in [-0.4, -0.2) is 5.91 Å². The fourth-order valence-corrected chi connectivity index (χ4v) is 2.03. The molecule has 0 aliphatic rings. The number of nitrogens with one attached hydrogen (secondary N) is 1. The van der Waals surface area contributed by atoms with E-state index >= 15 is 0 Å². The van der Waals surface area contributed by atoms with Crippen LogP contribution in [0.25, 0.3) is 0 Å². The number of amides is 1. The second-order valence-electron chi connectivity index (χ2n) is 4.72. The summed E-state index contributed by atoms with van der Waals surface area (Å²) in [6.07, 6.45) is -4.62. The highest BCUT2D eigenvalue weighted by Gasteiger charge is 2.33. The van der Waals surface area contributed by atoms with Crippen LogP contribution < -0.4 is 11.1 Å². The number of hydrogen-bond donors (Lipinski definition) is 2. The van der Waals surface area contributed by atoms with Gasteiger partial charge in [0.05, 0.1) is 10.6 Å². The Labute approximate surface area is 129 Å². The number of carbonyl (C=O) groups is 1. The van der Waals surface area contributed by atoms with Crippen molar-refractivity contribution in [2.75, 3.05) is 11.1 Å². The molecule has 1 amide bonds. The van der Waals surface area contributed by atoms with Crippen molar-refractivity contribution in [3.05, 3.63) is 58.1 Å². The van der Waals surface area contributed by atoms with Gasteiger partial charge in [-0.3, -0.25) is 4.79 Å². The molecule has 2 aromatic rings. The van der Waals surface area contributed by atoms with Crippen LogP contribution in [0.2, 0.25) is 5.02 Å². The molecule has 0 aliphatic heterocycles. The fourth-order valence-electron chi connectivity index (χ4n) is 1.81. The maximum absolute atomic E-state index is 12.8. The van der Waals surface area contributed by atoms with Crippen LogP contribution in [0.1, 0.15) is 21.5 Å². The summed E-state index contributed by atoms with van der Waals surface area (Å²) in [7, 11) is 0. The Morgan fingerprint density at radius 2 is 1.86 bits per heavy atom. The van der Waals surface area contributed by atoms with Crippen molar-refractivity contribution in [3.8, 4) is 0 Å². The lowest BCUT2D eigenvalue weighted by molar-refractivity contribution is -0.137. The number of nitrogen functional groups attached to an aromatic ring is 1. The maximum Gasteiger partial charge on any atom is 0.417 e. The standard InChI is InChI=1S/C15H12ClF3N2O/c1-8-2-4-10(7-13(8)20)21-14(22)9-3-5-12(16)11(6-9)15(17,18)19/h2-7H,20H2,1H3,(H,21,22). The molecule has 2 aromatic carbocycles. The highest BCUT2D eigenvalue weighted by molar-refractivity contribution is 6.31. The van der Waals surface area contributed by atoms with Crippen LogP contribution in [-0.2, 0) is 6.18 Å². The monoisotopic (exact) mass is 328 g/mol. The van der Waals surface area contributed by atoms with E-state index in [1.807, 2.05) is 0 Å². The summed E-state index contributed by atoms with van der Waals surface area (Å²) in [6, 6.07) is 7.84. The van der Waals surface area contributed by atoms with Gasteiger partial charge >= 0.3 is 6.18 Å². The molecule has 2 rings (SSSR count). The van der Waals surface area contributed by atoms with E-state index in [9.17, 15) is 18.0 Å². The first-order valence-corrected chi connectivity index (χ1v) is 6.60. The number of aryl methyl sites for hydroxylation is 1. The van der Waals surface area contributed by atoms with Gasteiger partial charge in [-0.2, -0.15) is 13.2 Å². The highest BCUT2D eigenvalue weighted by atomic mass is 35.5. The molecule has 0 atom stereocenters. The maximum atomic E-state index is 12.8. The molecule has 0 aliphatic carbocycles. The molecule has 0 aromatic heterocycles. The molecule has 7 heteroatoms. The van der Waals surface area contributed by atoms with Gasteiger partial charge < -0.3 is 11.1 Å². The van der Waals surface area contributed by atoms with Crippen LogP contribution in [0.4, 0.5) is 24.5 Å². The Morgan fingerprint density at radius 3 is 2.45 bits per heavy atom. The molecule has 0 unspecified atom stereocenters. The lowest BCUT2D eigenvalue weighted by atomic mass is 10.1. The minimum Gasteiger partial charge on any atom is -0.398 e. The molecule has 0 saturated heterocycles. The lowest BCUT2D eigenvalue weighted by Gasteiger charge is -2.11. The predicted octanol–water partition coefficient (Wildman–Crippen LogP) is 4.50. The Hall–Kier alpha value is -2.21. The summed E-state index contributed by atoms with van der Waals surface area (Å²) < 4.78 is 38.4. The van der Waals surface area contributed by atoms with Crippen molar-refractivity contribution < 1.29 is 18.0 Å². The van der Waals surface area contributed by atoms with E-state index in [4.69, 9.17) is 17.3 Å². The van der Waals surface area contributed by atoms with Gasteiger partial charge in [-0.25, -0.2) is 0 Å². The third kappa shape index (κ3) is 3.51.